The van der Waals surface area contributed by atoms with Crippen molar-refractivity contribution in [3.63, 3.8) is 0 Å². The van der Waals surface area contributed by atoms with Crippen LogP contribution in [0, 0.1) is 0 Å². The molecule has 4 nitrogen and oxygen atoms in total. The van der Waals surface area contributed by atoms with Crippen LogP contribution in [0.2, 0.25) is 0 Å². The fourth-order valence-corrected chi connectivity index (χ4v) is 2.20. The summed E-state index contributed by atoms with van der Waals surface area (Å²) in [7, 11) is 0. The number of carbonyl (C=O) groups is 1. The van der Waals surface area contributed by atoms with E-state index in [4.69, 9.17) is 0 Å². The highest BCUT2D eigenvalue weighted by atomic mass is 19.4. The molecule has 1 unspecified atom stereocenters. The predicted molar refractivity (Wildman–Crippen MR) is 72.1 cm³/mol. The number of nitrogens with one attached hydrogen (secondary N) is 2. The Hall–Kier alpha value is -1.76. The van der Waals surface area contributed by atoms with Gasteiger partial charge >= 0.3 is 6.18 Å². The lowest BCUT2D eigenvalue weighted by Gasteiger charge is -2.26. The number of halogens is 3. The molecule has 2 rings (SSSR count). The molecule has 1 aromatic carbocycles. The van der Waals surface area contributed by atoms with E-state index in [0.29, 0.717) is 13.0 Å². The zero-order valence-electron chi connectivity index (χ0n) is 11.4. The lowest BCUT2D eigenvalue weighted by Crippen LogP contribution is -2.43. The molecule has 0 aromatic heterocycles. The number of carbonyl (C=O) groups excluding carboxylic acids is 1. The molecule has 116 valence electrons. The van der Waals surface area contributed by atoms with Gasteiger partial charge in [-0.05, 0) is 18.1 Å². The Morgan fingerprint density at radius 3 is 2.90 bits per heavy atom. The van der Waals surface area contributed by atoms with Gasteiger partial charge in [0.15, 0.2) is 0 Å². The van der Waals surface area contributed by atoms with E-state index in [1.54, 1.807) is 0 Å². The highest BCUT2D eigenvalue weighted by Gasteiger charge is 2.27. The Bertz CT molecular complexity index is 491. The van der Waals surface area contributed by atoms with Crippen molar-refractivity contribution >= 4 is 11.6 Å². The van der Waals surface area contributed by atoms with Gasteiger partial charge in [0.25, 0.3) is 0 Å². The molecule has 0 aliphatic carbocycles. The number of rotatable bonds is 5. The Labute approximate surface area is 120 Å². The molecule has 0 fully saturated rings. The van der Waals surface area contributed by atoms with Crippen LogP contribution in [0.3, 0.4) is 0 Å². The van der Waals surface area contributed by atoms with Crippen LogP contribution in [0.4, 0.5) is 18.9 Å². The first-order valence-electron chi connectivity index (χ1n) is 6.70. The number of alkyl halides is 3. The molecule has 0 saturated carbocycles. The number of anilines is 1. The van der Waals surface area contributed by atoms with Crippen molar-refractivity contribution in [1.82, 2.24) is 5.32 Å². The van der Waals surface area contributed by atoms with Gasteiger partial charge in [-0.25, -0.2) is 0 Å². The number of hydrogen-bond acceptors (Lipinski definition) is 3. The van der Waals surface area contributed by atoms with Crippen LogP contribution >= 0.6 is 0 Å². The number of fused-ring (bicyclic) bond motifs is 1. The van der Waals surface area contributed by atoms with Crippen LogP contribution in [0.15, 0.2) is 24.3 Å². The van der Waals surface area contributed by atoms with E-state index in [0.717, 1.165) is 11.3 Å². The fourth-order valence-electron chi connectivity index (χ4n) is 2.20. The van der Waals surface area contributed by atoms with E-state index >= 15 is 0 Å². The molecule has 1 heterocycles. The van der Waals surface area contributed by atoms with Crippen LogP contribution in [0.5, 0.6) is 0 Å². The number of ether oxygens (including phenoxy) is 1. The van der Waals surface area contributed by atoms with Crippen molar-refractivity contribution < 1.29 is 22.7 Å². The van der Waals surface area contributed by atoms with Crippen molar-refractivity contribution in [2.75, 3.05) is 25.1 Å². The molecule has 7 heteroatoms. The number of benzene rings is 1. The Kier molecular flexibility index (Phi) is 5.06. The average Bonchev–Trinajstić information content (AvgIpc) is 2.42. The van der Waals surface area contributed by atoms with Gasteiger partial charge in [-0.2, -0.15) is 13.2 Å². The minimum atomic E-state index is -4.35. The summed E-state index contributed by atoms with van der Waals surface area (Å²) in [4.78, 5) is 11.6. The summed E-state index contributed by atoms with van der Waals surface area (Å²) in [6.07, 6.45) is -3.72. The Morgan fingerprint density at radius 1 is 1.38 bits per heavy atom. The summed E-state index contributed by atoms with van der Waals surface area (Å²) >= 11 is 0. The van der Waals surface area contributed by atoms with Gasteiger partial charge in [0.1, 0.15) is 6.61 Å². The fraction of sp³-hybridized carbons (Fsp3) is 0.500. The second kappa shape index (κ2) is 6.80. The minimum Gasteiger partial charge on any atom is -0.383 e. The normalized spacial score (nSPS) is 17.8. The quantitative estimate of drug-likeness (QED) is 0.819. The second-order valence-electron chi connectivity index (χ2n) is 4.92. The van der Waals surface area contributed by atoms with E-state index in [-0.39, 0.29) is 25.0 Å². The lowest BCUT2D eigenvalue weighted by atomic mass is 10.00. The molecular formula is C14H17F3N2O2. The monoisotopic (exact) mass is 302 g/mol. The van der Waals surface area contributed by atoms with Gasteiger partial charge < -0.3 is 15.4 Å². The van der Waals surface area contributed by atoms with Gasteiger partial charge in [-0.3, -0.25) is 4.79 Å². The second-order valence-corrected chi connectivity index (χ2v) is 4.92. The summed E-state index contributed by atoms with van der Waals surface area (Å²) in [5, 5.41) is 6.01. The van der Waals surface area contributed by atoms with Crippen LogP contribution in [-0.4, -0.2) is 37.9 Å². The maximum Gasteiger partial charge on any atom is 0.411 e. The maximum atomic E-state index is 11.9. The molecule has 1 atom stereocenters. The van der Waals surface area contributed by atoms with Crippen LogP contribution in [-0.2, 0) is 16.0 Å². The van der Waals surface area contributed by atoms with Crippen molar-refractivity contribution in [3.05, 3.63) is 29.8 Å². The Balaban J connectivity index is 1.70. The van der Waals surface area contributed by atoms with Gasteiger partial charge in [-0.15, -0.1) is 0 Å². The molecule has 1 aliphatic rings. The molecule has 2 N–H and O–H groups in total. The zero-order valence-corrected chi connectivity index (χ0v) is 11.4. The van der Waals surface area contributed by atoms with E-state index in [1.165, 1.54) is 0 Å². The van der Waals surface area contributed by atoms with Gasteiger partial charge in [0.05, 0.1) is 12.6 Å². The first-order valence-corrected chi connectivity index (χ1v) is 6.70. The van der Waals surface area contributed by atoms with Gasteiger partial charge in [0, 0.05) is 18.7 Å². The maximum absolute atomic E-state index is 11.9. The van der Waals surface area contributed by atoms with E-state index in [9.17, 15) is 18.0 Å². The third kappa shape index (κ3) is 5.26. The highest BCUT2D eigenvalue weighted by Crippen LogP contribution is 2.21. The average molecular weight is 302 g/mol. The first-order chi connectivity index (χ1) is 9.94. The number of hydrogen-bond donors (Lipinski definition) is 2. The third-order valence-corrected chi connectivity index (χ3v) is 3.13. The molecule has 1 aromatic rings. The Morgan fingerprint density at radius 2 is 2.14 bits per heavy atom. The largest absolute Gasteiger partial charge is 0.411 e. The van der Waals surface area contributed by atoms with E-state index in [1.807, 2.05) is 24.3 Å². The summed E-state index contributed by atoms with van der Waals surface area (Å²) in [6.45, 7) is -0.952. The molecule has 21 heavy (non-hydrogen) atoms. The lowest BCUT2D eigenvalue weighted by molar-refractivity contribution is -0.174. The van der Waals surface area contributed by atoms with Crippen LogP contribution < -0.4 is 10.6 Å². The van der Waals surface area contributed by atoms with Gasteiger partial charge in [0.2, 0.25) is 5.91 Å². The molecule has 0 saturated heterocycles. The number of para-hydroxylation sites is 1. The van der Waals surface area contributed by atoms with Crippen LogP contribution in [0.1, 0.15) is 12.0 Å². The van der Waals surface area contributed by atoms with Crippen molar-refractivity contribution in [2.45, 2.75) is 25.1 Å². The topological polar surface area (TPSA) is 50.4 Å². The standard InChI is InChI=1S/C14H17F3N2O2/c15-14(16,17)9-21-6-5-13(20)19-11-7-10-3-1-2-4-12(10)18-8-11/h1-4,11,18H,5-9H2,(H,19,20). The van der Waals surface area contributed by atoms with Crippen molar-refractivity contribution in [2.24, 2.45) is 0 Å². The first kappa shape index (κ1) is 15.6. The molecular weight excluding hydrogens is 285 g/mol. The van der Waals surface area contributed by atoms with Gasteiger partial charge in [-0.1, -0.05) is 18.2 Å². The smallest absolute Gasteiger partial charge is 0.383 e. The third-order valence-electron chi connectivity index (χ3n) is 3.13. The molecule has 1 aliphatic heterocycles. The molecule has 1 amide bonds. The summed E-state index contributed by atoms with van der Waals surface area (Å²) in [5.41, 5.74) is 2.17. The minimum absolute atomic E-state index is 0.0602. The summed E-state index contributed by atoms with van der Waals surface area (Å²) < 4.78 is 40.0. The van der Waals surface area contributed by atoms with Crippen LogP contribution in [0.25, 0.3) is 0 Å². The molecule has 0 radical (unpaired) electrons. The van der Waals surface area contributed by atoms with Crippen molar-refractivity contribution in [3.8, 4) is 0 Å². The van der Waals surface area contributed by atoms with E-state index in [2.05, 4.69) is 15.4 Å². The highest BCUT2D eigenvalue weighted by molar-refractivity contribution is 5.76. The predicted octanol–water partition coefficient (Wildman–Crippen LogP) is 2.11. The van der Waals surface area contributed by atoms with Crippen molar-refractivity contribution in [1.29, 1.82) is 0 Å². The summed E-state index contributed by atoms with van der Waals surface area (Å²) in [6, 6.07) is 7.75. The molecule has 0 bridgehead atoms. The zero-order chi connectivity index (χ0) is 15.3. The SMILES string of the molecule is O=C(CCOCC(F)(F)F)NC1CNc2ccccc2C1. The molecule has 0 spiro atoms. The number of amides is 1. The summed E-state index contributed by atoms with van der Waals surface area (Å²) in [5.74, 6) is -0.302. The van der Waals surface area contributed by atoms with E-state index < -0.39 is 12.8 Å².